The van der Waals surface area contributed by atoms with Gasteiger partial charge < -0.3 is 15.2 Å². The number of carbonyl (C=O) groups excluding carboxylic acids is 1. The van der Waals surface area contributed by atoms with E-state index in [9.17, 15) is 14.0 Å². The molecule has 0 aliphatic carbocycles. The van der Waals surface area contributed by atoms with Gasteiger partial charge in [-0.3, -0.25) is 9.59 Å². The van der Waals surface area contributed by atoms with Crippen LogP contribution in [-0.2, 0) is 9.53 Å². The van der Waals surface area contributed by atoms with Crippen molar-refractivity contribution in [3.05, 3.63) is 48.0 Å². The van der Waals surface area contributed by atoms with E-state index in [1.807, 2.05) is 0 Å². The van der Waals surface area contributed by atoms with Crippen molar-refractivity contribution in [2.75, 3.05) is 13.2 Å². The van der Waals surface area contributed by atoms with Gasteiger partial charge >= 0.3 is 5.97 Å². The van der Waals surface area contributed by atoms with E-state index in [-0.39, 0.29) is 17.8 Å². The van der Waals surface area contributed by atoms with Crippen molar-refractivity contribution in [2.45, 2.75) is 24.8 Å². The zero-order valence-corrected chi connectivity index (χ0v) is 13.4. The van der Waals surface area contributed by atoms with Crippen LogP contribution in [0.2, 0.25) is 0 Å². The fourth-order valence-corrected chi connectivity index (χ4v) is 2.92. The molecule has 0 spiro atoms. The number of carbonyl (C=O) groups is 2. The van der Waals surface area contributed by atoms with Gasteiger partial charge in [0, 0.05) is 19.4 Å². The number of carboxylic acid groups (broad SMARTS) is 1. The Kier molecular flexibility index (Phi) is 4.80. The predicted molar refractivity (Wildman–Crippen MR) is 86.0 cm³/mol. The Balaban J connectivity index is 1.79. The smallest absolute Gasteiger partial charge is 0.305 e. The Hall–Kier alpha value is -2.74. The molecule has 0 radical (unpaired) electrons. The van der Waals surface area contributed by atoms with Gasteiger partial charge in [-0.25, -0.2) is 9.07 Å². The van der Waals surface area contributed by atoms with Gasteiger partial charge in [0.25, 0.3) is 5.91 Å². The lowest BCUT2D eigenvalue weighted by Gasteiger charge is -2.36. The molecule has 3 rings (SSSR count). The first-order valence-electron chi connectivity index (χ1n) is 7.92. The molecule has 0 bridgehead atoms. The number of ether oxygens (including phenoxy) is 1. The SMILES string of the molecule is O=C(O)CC1(NC(=O)c2ccn(-c3ccccc3F)n2)CCOCC1. The number of nitrogens with zero attached hydrogens (tertiary/aromatic N) is 2. The van der Waals surface area contributed by atoms with Gasteiger partial charge in [-0.2, -0.15) is 5.10 Å². The van der Waals surface area contributed by atoms with E-state index < -0.39 is 23.2 Å². The fraction of sp³-hybridized carbons (Fsp3) is 0.353. The summed E-state index contributed by atoms with van der Waals surface area (Å²) in [5.41, 5.74) is -0.532. The number of hydrogen-bond donors (Lipinski definition) is 2. The van der Waals surface area contributed by atoms with Crippen LogP contribution in [0.15, 0.2) is 36.5 Å². The van der Waals surface area contributed by atoms with E-state index in [2.05, 4.69) is 10.4 Å². The van der Waals surface area contributed by atoms with Gasteiger partial charge in [0.05, 0.1) is 12.0 Å². The van der Waals surface area contributed by atoms with E-state index >= 15 is 0 Å². The molecule has 0 saturated carbocycles. The van der Waals surface area contributed by atoms with Crippen molar-refractivity contribution in [3.63, 3.8) is 0 Å². The van der Waals surface area contributed by atoms with Crippen LogP contribution >= 0.6 is 0 Å². The number of rotatable bonds is 5. The number of carboxylic acids is 1. The number of benzene rings is 1. The van der Waals surface area contributed by atoms with Crippen molar-refractivity contribution in [3.8, 4) is 5.69 Å². The van der Waals surface area contributed by atoms with Crippen molar-refractivity contribution in [1.82, 2.24) is 15.1 Å². The lowest BCUT2D eigenvalue weighted by molar-refractivity contribution is -0.139. The molecule has 2 heterocycles. The van der Waals surface area contributed by atoms with Crippen molar-refractivity contribution >= 4 is 11.9 Å². The summed E-state index contributed by atoms with van der Waals surface area (Å²) in [5.74, 6) is -1.93. The van der Waals surface area contributed by atoms with Gasteiger partial charge in [-0.15, -0.1) is 0 Å². The first-order valence-corrected chi connectivity index (χ1v) is 7.92. The van der Waals surface area contributed by atoms with E-state index in [1.54, 1.807) is 18.2 Å². The topological polar surface area (TPSA) is 93.5 Å². The monoisotopic (exact) mass is 347 g/mol. The maximum Gasteiger partial charge on any atom is 0.305 e. The summed E-state index contributed by atoms with van der Waals surface area (Å²) >= 11 is 0. The Morgan fingerprint density at radius 2 is 2.00 bits per heavy atom. The maximum atomic E-state index is 13.8. The zero-order chi connectivity index (χ0) is 17.9. The normalized spacial score (nSPS) is 16.4. The molecule has 1 aliphatic rings. The summed E-state index contributed by atoms with van der Waals surface area (Å²) in [6.07, 6.45) is 2.13. The first-order chi connectivity index (χ1) is 12.0. The van der Waals surface area contributed by atoms with Crippen LogP contribution in [0.25, 0.3) is 5.69 Å². The molecule has 25 heavy (non-hydrogen) atoms. The number of aromatic nitrogens is 2. The summed E-state index contributed by atoms with van der Waals surface area (Å²) in [4.78, 5) is 23.7. The number of hydrogen-bond acceptors (Lipinski definition) is 4. The second-order valence-corrected chi connectivity index (χ2v) is 6.01. The van der Waals surface area contributed by atoms with E-state index in [1.165, 1.54) is 23.0 Å². The average molecular weight is 347 g/mol. The molecule has 1 aromatic heterocycles. The third kappa shape index (κ3) is 3.85. The summed E-state index contributed by atoms with van der Waals surface area (Å²) in [6.45, 7) is 0.772. The second kappa shape index (κ2) is 7.02. The third-order valence-electron chi connectivity index (χ3n) is 4.24. The van der Waals surface area contributed by atoms with Crippen molar-refractivity contribution < 1.29 is 23.8 Å². The van der Waals surface area contributed by atoms with Crippen LogP contribution in [0, 0.1) is 5.82 Å². The predicted octanol–water partition coefficient (Wildman–Crippen LogP) is 1.77. The highest BCUT2D eigenvalue weighted by Gasteiger charge is 2.37. The molecule has 1 fully saturated rings. The number of para-hydroxylation sites is 1. The molecule has 1 aromatic carbocycles. The first kappa shape index (κ1) is 17.1. The molecule has 1 amide bonds. The molecule has 1 saturated heterocycles. The quantitative estimate of drug-likeness (QED) is 0.860. The number of aliphatic carboxylic acids is 1. The Labute approximate surface area is 143 Å². The lowest BCUT2D eigenvalue weighted by Crippen LogP contribution is -2.53. The summed E-state index contributed by atoms with van der Waals surface area (Å²) < 4.78 is 20.4. The molecule has 132 valence electrons. The minimum Gasteiger partial charge on any atom is -0.481 e. The Morgan fingerprint density at radius 1 is 1.28 bits per heavy atom. The van der Waals surface area contributed by atoms with E-state index in [0.29, 0.717) is 26.1 Å². The fourth-order valence-electron chi connectivity index (χ4n) is 2.92. The van der Waals surface area contributed by atoms with E-state index in [0.717, 1.165) is 0 Å². The number of amides is 1. The van der Waals surface area contributed by atoms with Gasteiger partial charge in [-0.05, 0) is 31.0 Å². The van der Waals surface area contributed by atoms with Gasteiger partial charge in [0.1, 0.15) is 11.5 Å². The number of halogens is 1. The highest BCUT2D eigenvalue weighted by molar-refractivity contribution is 5.93. The van der Waals surface area contributed by atoms with Crippen LogP contribution in [0.1, 0.15) is 29.8 Å². The summed E-state index contributed by atoms with van der Waals surface area (Å²) in [7, 11) is 0. The van der Waals surface area contributed by atoms with Crippen molar-refractivity contribution in [2.24, 2.45) is 0 Å². The van der Waals surface area contributed by atoms with Gasteiger partial charge in [-0.1, -0.05) is 12.1 Å². The molecular weight excluding hydrogens is 329 g/mol. The van der Waals surface area contributed by atoms with Crippen LogP contribution in [0.5, 0.6) is 0 Å². The molecule has 2 N–H and O–H groups in total. The summed E-state index contributed by atoms with van der Waals surface area (Å²) in [6, 6.07) is 7.56. The van der Waals surface area contributed by atoms with E-state index in [4.69, 9.17) is 9.84 Å². The average Bonchev–Trinajstić information content (AvgIpc) is 3.05. The van der Waals surface area contributed by atoms with Crippen molar-refractivity contribution in [1.29, 1.82) is 0 Å². The highest BCUT2D eigenvalue weighted by atomic mass is 19.1. The second-order valence-electron chi connectivity index (χ2n) is 6.01. The molecular formula is C17H18FN3O4. The Bertz CT molecular complexity index is 784. The molecule has 0 atom stereocenters. The standard InChI is InChI=1S/C17H18FN3O4/c18-12-3-1-2-4-14(12)21-8-5-13(20-21)16(24)19-17(11-15(22)23)6-9-25-10-7-17/h1-5,8H,6-7,9-11H2,(H,19,24)(H,22,23). The van der Waals surface area contributed by atoms with Crippen LogP contribution in [0.3, 0.4) is 0 Å². The van der Waals surface area contributed by atoms with Crippen LogP contribution < -0.4 is 5.32 Å². The zero-order valence-electron chi connectivity index (χ0n) is 13.4. The minimum atomic E-state index is -0.987. The largest absolute Gasteiger partial charge is 0.481 e. The molecule has 7 nitrogen and oxygen atoms in total. The van der Waals surface area contributed by atoms with Gasteiger partial charge in [0.2, 0.25) is 0 Å². The highest BCUT2D eigenvalue weighted by Crippen LogP contribution is 2.25. The minimum absolute atomic E-state index is 0.0968. The molecule has 2 aromatic rings. The third-order valence-corrected chi connectivity index (χ3v) is 4.24. The molecule has 1 aliphatic heterocycles. The molecule has 0 unspecified atom stereocenters. The Morgan fingerprint density at radius 3 is 2.68 bits per heavy atom. The summed E-state index contributed by atoms with van der Waals surface area (Å²) in [5, 5.41) is 16.0. The molecule has 8 heteroatoms. The van der Waals surface area contributed by atoms with Crippen LogP contribution in [-0.4, -0.2) is 45.5 Å². The lowest BCUT2D eigenvalue weighted by atomic mass is 9.86. The van der Waals surface area contributed by atoms with Crippen LogP contribution in [0.4, 0.5) is 4.39 Å². The maximum absolute atomic E-state index is 13.8. The van der Waals surface area contributed by atoms with Gasteiger partial charge in [0.15, 0.2) is 5.69 Å². The number of nitrogens with one attached hydrogen (secondary N) is 1.